The SMILES string of the molecule is CCC1(NC)C=C1. The molecular weight excluding hydrogens is 86.1 g/mol. The van der Waals surface area contributed by atoms with Crippen LogP contribution < -0.4 is 5.32 Å². The second-order valence-corrected chi connectivity index (χ2v) is 1.98. The molecule has 0 saturated heterocycles. The van der Waals surface area contributed by atoms with Gasteiger partial charge < -0.3 is 5.32 Å². The molecule has 1 nitrogen and oxygen atoms in total. The van der Waals surface area contributed by atoms with Crippen molar-refractivity contribution in [3.63, 3.8) is 0 Å². The maximum Gasteiger partial charge on any atom is 0.0546 e. The summed E-state index contributed by atoms with van der Waals surface area (Å²) in [6.07, 6.45) is 5.56. The molecule has 1 rings (SSSR count). The summed E-state index contributed by atoms with van der Waals surface area (Å²) < 4.78 is 0. The molecule has 1 heteroatoms. The lowest BCUT2D eigenvalue weighted by Gasteiger charge is -2.09. The normalized spacial score (nSPS) is 22.6. The Morgan fingerprint density at radius 3 is 2.14 bits per heavy atom. The lowest BCUT2D eigenvalue weighted by Crippen LogP contribution is -2.27. The largest absolute Gasteiger partial charge is 0.308 e. The first-order valence-electron chi connectivity index (χ1n) is 2.72. The molecule has 0 atom stereocenters. The van der Waals surface area contributed by atoms with Crippen LogP contribution in [0.4, 0.5) is 0 Å². The van der Waals surface area contributed by atoms with Gasteiger partial charge in [-0.25, -0.2) is 0 Å². The summed E-state index contributed by atoms with van der Waals surface area (Å²) in [5, 5.41) is 3.19. The predicted molar refractivity (Wildman–Crippen MR) is 31.2 cm³/mol. The molecule has 0 aromatic rings. The molecule has 0 radical (unpaired) electrons. The van der Waals surface area contributed by atoms with Crippen molar-refractivity contribution in [1.82, 2.24) is 5.32 Å². The predicted octanol–water partition coefficient (Wildman–Crippen LogP) is 0.924. The Bertz CT molecular complexity index is 82.4. The summed E-state index contributed by atoms with van der Waals surface area (Å²) in [5.74, 6) is 0. The molecule has 0 fully saturated rings. The fourth-order valence-corrected chi connectivity index (χ4v) is 0.680. The lowest BCUT2D eigenvalue weighted by molar-refractivity contribution is 0.583. The van der Waals surface area contributed by atoms with Gasteiger partial charge in [-0.1, -0.05) is 19.1 Å². The van der Waals surface area contributed by atoms with Crippen molar-refractivity contribution in [1.29, 1.82) is 0 Å². The van der Waals surface area contributed by atoms with E-state index in [0.29, 0.717) is 5.54 Å². The van der Waals surface area contributed by atoms with E-state index in [4.69, 9.17) is 0 Å². The number of likely N-dealkylation sites (N-methyl/N-ethyl adjacent to an activating group) is 1. The zero-order chi connectivity index (χ0) is 5.33. The highest BCUT2D eigenvalue weighted by Crippen LogP contribution is 2.25. The van der Waals surface area contributed by atoms with E-state index < -0.39 is 0 Å². The number of hydrogen-bond acceptors (Lipinski definition) is 1. The summed E-state index contributed by atoms with van der Waals surface area (Å²) in [7, 11) is 1.99. The van der Waals surface area contributed by atoms with Crippen molar-refractivity contribution in [3.05, 3.63) is 12.2 Å². The fourth-order valence-electron chi connectivity index (χ4n) is 0.680. The second-order valence-electron chi connectivity index (χ2n) is 1.98. The first-order valence-corrected chi connectivity index (χ1v) is 2.72. The van der Waals surface area contributed by atoms with Crippen molar-refractivity contribution < 1.29 is 0 Å². The van der Waals surface area contributed by atoms with Crippen LogP contribution in [-0.4, -0.2) is 12.6 Å². The molecular formula is C6H11N. The molecule has 0 amide bonds. The summed E-state index contributed by atoms with van der Waals surface area (Å²) in [4.78, 5) is 0. The van der Waals surface area contributed by atoms with Gasteiger partial charge in [-0.2, -0.15) is 0 Å². The minimum absolute atomic E-state index is 0.333. The standard InChI is InChI=1S/C6H11N/c1-3-6(7-2)4-5-6/h4-5,7H,3H2,1-2H3. The third-order valence-corrected chi connectivity index (χ3v) is 1.62. The van der Waals surface area contributed by atoms with Crippen molar-refractivity contribution in [2.45, 2.75) is 18.9 Å². The van der Waals surface area contributed by atoms with Crippen LogP contribution in [0.2, 0.25) is 0 Å². The molecule has 1 aliphatic rings. The van der Waals surface area contributed by atoms with Crippen LogP contribution in [0.15, 0.2) is 12.2 Å². The topological polar surface area (TPSA) is 12.0 Å². The Hall–Kier alpha value is -0.300. The monoisotopic (exact) mass is 97.1 g/mol. The summed E-state index contributed by atoms with van der Waals surface area (Å²) in [6, 6.07) is 0. The molecule has 0 unspecified atom stereocenters. The lowest BCUT2D eigenvalue weighted by atomic mass is 10.2. The van der Waals surface area contributed by atoms with Crippen LogP contribution in [0.5, 0.6) is 0 Å². The Labute approximate surface area is 44.4 Å². The highest BCUT2D eigenvalue weighted by atomic mass is 15.0. The minimum Gasteiger partial charge on any atom is -0.308 e. The fraction of sp³-hybridized carbons (Fsp3) is 0.667. The Morgan fingerprint density at radius 2 is 2.14 bits per heavy atom. The highest BCUT2D eigenvalue weighted by molar-refractivity contribution is 5.32. The average molecular weight is 97.2 g/mol. The molecule has 0 saturated carbocycles. The zero-order valence-corrected chi connectivity index (χ0v) is 4.86. The molecule has 0 aromatic heterocycles. The number of hydrogen-bond donors (Lipinski definition) is 1. The number of nitrogens with one attached hydrogen (secondary N) is 1. The third-order valence-electron chi connectivity index (χ3n) is 1.62. The minimum atomic E-state index is 0.333. The van der Waals surface area contributed by atoms with Gasteiger partial charge in [-0.05, 0) is 13.5 Å². The van der Waals surface area contributed by atoms with Gasteiger partial charge in [0.25, 0.3) is 0 Å². The molecule has 40 valence electrons. The summed E-state index contributed by atoms with van der Waals surface area (Å²) in [5.41, 5.74) is 0.333. The van der Waals surface area contributed by atoms with Crippen molar-refractivity contribution in [3.8, 4) is 0 Å². The molecule has 1 N–H and O–H groups in total. The van der Waals surface area contributed by atoms with Gasteiger partial charge in [0, 0.05) is 0 Å². The van der Waals surface area contributed by atoms with Crippen molar-refractivity contribution in [2.24, 2.45) is 0 Å². The smallest absolute Gasteiger partial charge is 0.0546 e. The van der Waals surface area contributed by atoms with Gasteiger partial charge in [-0.3, -0.25) is 0 Å². The summed E-state index contributed by atoms with van der Waals surface area (Å²) in [6.45, 7) is 2.18. The van der Waals surface area contributed by atoms with Gasteiger partial charge in [0.05, 0.1) is 5.54 Å². The van der Waals surface area contributed by atoms with E-state index in [1.807, 2.05) is 7.05 Å². The maximum atomic E-state index is 3.19. The molecule has 0 spiro atoms. The molecule has 1 aliphatic carbocycles. The quantitative estimate of drug-likeness (QED) is 0.505. The van der Waals surface area contributed by atoms with Crippen molar-refractivity contribution >= 4 is 0 Å². The van der Waals surface area contributed by atoms with Gasteiger partial charge in [-0.15, -0.1) is 0 Å². The van der Waals surface area contributed by atoms with Gasteiger partial charge >= 0.3 is 0 Å². The van der Waals surface area contributed by atoms with E-state index in [9.17, 15) is 0 Å². The van der Waals surface area contributed by atoms with Crippen LogP contribution in [0.3, 0.4) is 0 Å². The molecule has 0 aromatic carbocycles. The van der Waals surface area contributed by atoms with Crippen LogP contribution in [0, 0.1) is 0 Å². The molecule has 7 heavy (non-hydrogen) atoms. The van der Waals surface area contributed by atoms with Gasteiger partial charge in [0.15, 0.2) is 0 Å². The average Bonchev–Trinajstić information content (AvgIpc) is 2.46. The van der Waals surface area contributed by atoms with E-state index in [2.05, 4.69) is 24.4 Å². The van der Waals surface area contributed by atoms with E-state index in [1.54, 1.807) is 0 Å². The molecule has 0 heterocycles. The van der Waals surface area contributed by atoms with Gasteiger partial charge in [0.2, 0.25) is 0 Å². The second kappa shape index (κ2) is 1.34. The van der Waals surface area contributed by atoms with E-state index in [0.717, 1.165) is 0 Å². The summed E-state index contributed by atoms with van der Waals surface area (Å²) >= 11 is 0. The van der Waals surface area contributed by atoms with E-state index in [1.165, 1.54) is 6.42 Å². The maximum absolute atomic E-state index is 3.19. The van der Waals surface area contributed by atoms with Crippen LogP contribution in [-0.2, 0) is 0 Å². The molecule has 0 aliphatic heterocycles. The molecule has 0 bridgehead atoms. The van der Waals surface area contributed by atoms with E-state index in [-0.39, 0.29) is 0 Å². The van der Waals surface area contributed by atoms with Gasteiger partial charge in [0.1, 0.15) is 0 Å². The van der Waals surface area contributed by atoms with Crippen LogP contribution in [0.25, 0.3) is 0 Å². The first kappa shape index (κ1) is 4.85. The third kappa shape index (κ3) is 0.682. The Morgan fingerprint density at radius 1 is 1.57 bits per heavy atom. The van der Waals surface area contributed by atoms with Crippen LogP contribution >= 0.6 is 0 Å². The highest BCUT2D eigenvalue weighted by Gasteiger charge is 2.28. The Kier molecular flexibility index (Phi) is 0.927. The van der Waals surface area contributed by atoms with Crippen molar-refractivity contribution in [2.75, 3.05) is 7.05 Å². The first-order chi connectivity index (χ1) is 3.33. The Balaban J connectivity index is 2.31. The van der Waals surface area contributed by atoms with E-state index >= 15 is 0 Å². The number of rotatable bonds is 2. The van der Waals surface area contributed by atoms with Crippen LogP contribution in [0.1, 0.15) is 13.3 Å². The zero-order valence-electron chi connectivity index (χ0n) is 4.86.